The molecular weight excluding hydrogens is 198 g/mol. The highest BCUT2D eigenvalue weighted by Crippen LogP contribution is 2.27. The molecule has 0 spiro atoms. The lowest BCUT2D eigenvalue weighted by Crippen LogP contribution is -2.45. The summed E-state index contributed by atoms with van der Waals surface area (Å²) in [7, 11) is 2.12. The zero-order valence-corrected chi connectivity index (χ0v) is 12.1. The fraction of sp³-hybridized carbons (Fsp3) is 0.929. The van der Waals surface area contributed by atoms with Gasteiger partial charge in [0.25, 0.3) is 0 Å². The summed E-state index contributed by atoms with van der Waals surface area (Å²) in [4.78, 5) is 13.5. The van der Waals surface area contributed by atoms with Crippen LogP contribution in [0.1, 0.15) is 54.4 Å². The molecular formula is C14H29NO. The lowest BCUT2D eigenvalue weighted by Gasteiger charge is -2.39. The van der Waals surface area contributed by atoms with E-state index in [0.717, 1.165) is 25.7 Å². The Labute approximate surface area is 101 Å². The van der Waals surface area contributed by atoms with E-state index in [0.29, 0.717) is 6.04 Å². The molecule has 0 fully saturated rings. The summed E-state index contributed by atoms with van der Waals surface area (Å²) in [5.41, 5.74) is 0.0633. The van der Waals surface area contributed by atoms with Crippen LogP contribution in [0.2, 0.25) is 0 Å². The van der Waals surface area contributed by atoms with Crippen molar-refractivity contribution in [2.24, 2.45) is 10.8 Å². The molecule has 0 bridgehead atoms. The fourth-order valence-corrected chi connectivity index (χ4v) is 2.11. The Morgan fingerprint density at radius 1 is 1.25 bits per heavy atom. The molecule has 0 aromatic heterocycles. The van der Waals surface area contributed by atoms with Gasteiger partial charge in [0.1, 0.15) is 6.29 Å². The molecule has 0 aliphatic carbocycles. The Kier molecular flexibility index (Phi) is 5.67. The second kappa shape index (κ2) is 5.81. The SMILES string of the molecule is CCCC(C)(C=O)CN(C)C(C)C(C)(C)C. The molecule has 2 nitrogen and oxygen atoms in total. The number of hydrogen-bond donors (Lipinski definition) is 0. The van der Waals surface area contributed by atoms with Crippen molar-refractivity contribution < 1.29 is 4.79 Å². The van der Waals surface area contributed by atoms with E-state index in [-0.39, 0.29) is 10.8 Å². The van der Waals surface area contributed by atoms with Crippen molar-refractivity contribution in [3.8, 4) is 0 Å². The lowest BCUT2D eigenvalue weighted by molar-refractivity contribution is -0.117. The minimum atomic E-state index is -0.191. The number of nitrogens with zero attached hydrogens (tertiary/aromatic N) is 1. The van der Waals surface area contributed by atoms with Gasteiger partial charge in [-0.25, -0.2) is 0 Å². The maximum Gasteiger partial charge on any atom is 0.127 e. The molecule has 0 amide bonds. The number of carbonyl (C=O) groups is 1. The van der Waals surface area contributed by atoms with Gasteiger partial charge in [-0.3, -0.25) is 0 Å². The van der Waals surface area contributed by atoms with Gasteiger partial charge in [-0.15, -0.1) is 0 Å². The average Bonchev–Trinajstić information content (AvgIpc) is 2.15. The summed E-state index contributed by atoms with van der Waals surface area (Å²) in [5, 5.41) is 0. The van der Waals surface area contributed by atoms with E-state index in [9.17, 15) is 4.79 Å². The molecule has 96 valence electrons. The molecule has 2 heteroatoms. The molecule has 2 unspecified atom stereocenters. The number of aldehydes is 1. The third-order valence-corrected chi connectivity index (χ3v) is 3.63. The van der Waals surface area contributed by atoms with Crippen LogP contribution in [0.3, 0.4) is 0 Å². The van der Waals surface area contributed by atoms with Gasteiger partial charge in [0.2, 0.25) is 0 Å². The summed E-state index contributed by atoms with van der Waals surface area (Å²) in [6.45, 7) is 14.0. The highest BCUT2D eigenvalue weighted by molar-refractivity contribution is 5.59. The van der Waals surface area contributed by atoms with E-state index < -0.39 is 0 Å². The third-order valence-electron chi connectivity index (χ3n) is 3.63. The second-order valence-corrected chi connectivity index (χ2v) is 6.48. The molecule has 16 heavy (non-hydrogen) atoms. The number of hydrogen-bond acceptors (Lipinski definition) is 2. The Balaban J connectivity index is 4.53. The smallest absolute Gasteiger partial charge is 0.127 e. The largest absolute Gasteiger partial charge is 0.303 e. The minimum absolute atomic E-state index is 0.191. The van der Waals surface area contributed by atoms with Gasteiger partial charge in [0.15, 0.2) is 0 Å². The molecule has 0 N–H and O–H groups in total. The molecule has 2 atom stereocenters. The summed E-state index contributed by atoms with van der Waals surface area (Å²) in [6.07, 6.45) is 3.16. The maximum absolute atomic E-state index is 11.2. The Hall–Kier alpha value is -0.370. The monoisotopic (exact) mass is 227 g/mol. The Morgan fingerprint density at radius 2 is 1.75 bits per heavy atom. The van der Waals surface area contributed by atoms with Crippen molar-refractivity contribution in [2.75, 3.05) is 13.6 Å². The van der Waals surface area contributed by atoms with Crippen molar-refractivity contribution in [1.29, 1.82) is 0 Å². The summed E-state index contributed by atoms with van der Waals surface area (Å²) < 4.78 is 0. The molecule has 0 heterocycles. The Morgan fingerprint density at radius 3 is 2.06 bits per heavy atom. The second-order valence-electron chi connectivity index (χ2n) is 6.48. The van der Waals surface area contributed by atoms with Crippen LogP contribution >= 0.6 is 0 Å². The van der Waals surface area contributed by atoms with Gasteiger partial charge in [0.05, 0.1) is 0 Å². The summed E-state index contributed by atoms with van der Waals surface area (Å²) in [5.74, 6) is 0. The van der Waals surface area contributed by atoms with Crippen molar-refractivity contribution in [3.05, 3.63) is 0 Å². The van der Waals surface area contributed by atoms with Crippen molar-refractivity contribution >= 4 is 6.29 Å². The van der Waals surface area contributed by atoms with Crippen molar-refractivity contribution in [1.82, 2.24) is 4.90 Å². The topological polar surface area (TPSA) is 20.3 Å². The van der Waals surface area contributed by atoms with Crippen LogP contribution in [0.4, 0.5) is 0 Å². The predicted octanol–water partition coefficient (Wildman–Crippen LogP) is 3.36. The quantitative estimate of drug-likeness (QED) is 0.649. The molecule has 0 saturated carbocycles. The van der Waals surface area contributed by atoms with Crippen LogP contribution in [0.15, 0.2) is 0 Å². The summed E-state index contributed by atoms with van der Waals surface area (Å²) >= 11 is 0. The highest BCUT2D eigenvalue weighted by atomic mass is 16.1. The first kappa shape index (κ1) is 15.6. The van der Waals surface area contributed by atoms with Crippen LogP contribution < -0.4 is 0 Å². The lowest BCUT2D eigenvalue weighted by atomic mass is 9.83. The fourth-order valence-electron chi connectivity index (χ4n) is 2.11. The molecule has 0 aliphatic rings. The zero-order chi connectivity index (χ0) is 13.0. The van der Waals surface area contributed by atoms with Crippen LogP contribution in [0.5, 0.6) is 0 Å². The first-order valence-corrected chi connectivity index (χ1v) is 6.33. The number of rotatable bonds is 6. The highest BCUT2D eigenvalue weighted by Gasteiger charge is 2.30. The van der Waals surface area contributed by atoms with E-state index >= 15 is 0 Å². The van der Waals surface area contributed by atoms with Gasteiger partial charge >= 0.3 is 0 Å². The molecule has 0 aliphatic heterocycles. The third kappa shape index (κ3) is 4.65. The molecule has 0 aromatic carbocycles. The van der Waals surface area contributed by atoms with Gasteiger partial charge in [0, 0.05) is 18.0 Å². The van der Waals surface area contributed by atoms with E-state index in [1.165, 1.54) is 0 Å². The van der Waals surface area contributed by atoms with Crippen LogP contribution in [-0.2, 0) is 4.79 Å². The molecule has 0 saturated heterocycles. The van der Waals surface area contributed by atoms with Crippen LogP contribution in [-0.4, -0.2) is 30.8 Å². The van der Waals surface area contributed by atoms with Gasteiger partial charge in [-0.2, -0.15) is 0 Å². The van der Waals surface area contributed by atoms with Crippen LogP contribution in [0.25, 0.3) is 0 Å². The predicted molar refractivity (Wildman–Crippen MR) is 70.6 cm³/mol. The number of carbonyl (C=O) groups excluding carboxylic acids is 1. The molecule has 0 radical (unpaired) electrons. The van der Waals surface area contributed by atoms with Crippen molar-refractivity contribution in [3.63, 3.8) is 0 Å². The van der Waals surface area contributed by atoms with E-state index in [4.69, 9.17) is 0 Å². The van der Waals surface area contributed by atoms with E-state index in [2.05, 4.69) is 53.5 Å². The first-order valence-electron chi connectivity index (χ1n) is 6.33. The zero-order valence-electron chi connectivity index (χ0n) is 12.1. The van der Waals surface area contributed by atoms with E-state index in [1.807, 2.05) is 0 Å². The van der Waals surface area contributed by atoms with Gasteiger partial charge in [-0.1, -0.05) is 41.0 Å². The Bertz CT molecular complexity index is 219. The molecule has 0 rings (SSSR count). The average molecular weight is 227 g/mol. The van der Waals surface area contributed by atoms with Gasteiger partial charge < -0.3 is 9.69 Å². The first-order chi connectivity index (χ1) is 7.16. The standard InChI is InChI=1S/C14H29NO/c1-8-9-14(6,11-16)10-15(7)12(2)13(3,4)5/h11-12H,8-10H2,1-7H3. The normalized spacial score (nSPS) is 18.2. The molecule has 0 aromatic rings. The van der Waals surface area contributed by atoms with Crippen LogP contribution in [0, 0.1) is 10.8 Å². The van der Waals surface area contributed by atoms with Gasteiger partial charge in [-0.05, 0) is 25.8 Å². The minimum Gasteiger partial charge on any atom is -0.303 e. The van der Waals surface area contributed by atoms with E-state index in [1.54, 1.807) is 0 Å². The summed E-state index contributed by atoms with van der Waals surface area (Å²) in [6, 6.07) is 0.476. The maximum atomic E-state index is 11.2. The van der Waals surface area contributed by atoms with Crippen molar-refractivity contribution in [2.45, 2.75) is 60.4 Å².